The Morgan fingerprint density at radius 3 is 3.16 bits per heavy atom. The number of hydrogen-bond acceptors (Lipinski definition) is 6. The molecule has 3 heterocycles. The van der Waals surface area contributed by atoms with E-state index in [4.69, 9.17) is 15.7 Å². The van der Waals surface area contributed by atoms with Crippen LogP contribution in [0, 0.1) is 11.3 Å². The molecule has 2 aromatic heterocycles. The number of fused-ring (bicyclic) bond motifs is 1. The van der Waals surface area contributed by atoms with Crippen molar-refractivity contribution in [2.24, 2.45) is 0 Å². The molecule has 0 bridgehead atoms. The third kappa shape index (κ3) is 1.73. The number of aliphatic hydroxyl groups is 1. The van der Waals surface area contributed by atoms with Crippen molar-refractivity contribution in [1.82, 2.24) is 14.6 Å². The van der Waals surface area contributed by atoms with Gasteiger partial charge < -0.3 is 15.6 Å². The zero-order chi connectivity index (χ0) is 13.5. The van der Waals surface area contributed by atoms with Gasteiger partial charge in [-0.1, -0.05) is 0 Å². The number of nitriles is 1. The fourth-order valence-electron chi connectivity index (χ4n) is 2.41. The Morgan fingerprint density at radius 1 is 1.63 bits per heavy atom. The fourth-order valence-corrected chi connectivity index (χ4v) is 2.41. The lowest BCUT2D eigenvalue weighted by atomic mass is 10.0. The highest BCUT2D eigenvalue weighted by Crippen LogP contribution is 2.39. The van der Waals surface area contributed by atoms with Gasteiger partial charge in [-0.25, -0.2) is 9.50 Å². The van der Waals surface area contributed by atoms with Crippen LogP contribution in [0.15, 0.2) is 18.5 Å². The van der Waals surface area contributed by atoms with Gasteiger partial charge in [0.2, 0.25) is 0 Å². The number of nitrogens with two attached hydrogens (primary N) is 1. The molecule has 98 valence electrons. The summed E-state index contributed by atoms with van der Waals surface area (Å²) < 4.78 is 7.37. The first-order chi connectivity index (χ1) is 9.19. The molecule has 3 N–H and O–H groups in total. The van der Waals surface area contributed by atoms with Crippen molar-refractivity contribution in [3.05, 3.63) is 24.2 Å². The van der Waals surface area contributed by atoms with Gasteiger partial charge in [0.05, 0.1) is 12.3 Å². The maximum atomic E-state index is 9.29. The number of nitrogen functional groups attached to an aromatic ring is 1. The van der Waals surface area contributed by atoms with E-state index in [1.807, 2.05) is 18.2 Å². The summed E-state index contributed by atoms with van der Waals surface area (Å²) in [6.45, 7) is -0.305. The molecule has 0 saturated carbocycles. The minimum atomic E-state index is -1.10. The average molecular weight is 259 g/mol. The number of anilines is 1. The monoisotopic (exact) mass is 259 g/mol. The molecule has 2 atom stereocenters. The van der Waals surface area contributed by atoms with Crippen LogP contribution in [-0.2, 0) is 4.74 Å². The molecule has 0 unspecified atom stereocenters. The Kier molecular flexibility index (Phi) is 2.62. The summed E-state index contributed by atoms with van der Waals surface area (Å²) in [6.07, 6.45) is 2.26. The zero-order valence-corrected chi connectivity index (χ0v) is 10.2. The van der Waals surface area contributed by atoms with E-state index in [0.29, 0.717) is 24.2 Å². The van der Waals surface area contributed by atoms with E-state index in [-0.39, 0.29) is 12.7 Å². The summed E-state index contributed by atoms with van der Waals surface area (Å²) in [7, 11) is 0. The molecule has 19 heavy (non-hydrogen) atoms. The lowest BCUT2D eigenvalue weighted by Gasteiger charge is -2.18. The van der Waals surface area contributed by atoms with Crippen LogP contribution in [-0.4, -0.2) is 31.9 Å². The molecule has 0 spiro atoms. The van der Waals surface area contributed by atoms with Gasteiger partial charge in [0.25, 0.3) is 0 Å². The van der Waals surface area contributed by atoms with E-state index in [9.17, 15) is 5.11 Å². The smallest absolute Gasteiger partial charge is 0.177 e. The Hall–Kier alpha value is -2.17. The first kappa shape index (κ1) is 11.9. The number of aromatic nitrogens is 3. The zero-order valence-electron chi connectivity index (χ0n) is 10.2. The molecule has 0 aliphatic carbocycles. The highest BCUT2D eigenvalue weighted by Gasteiger charge is 2.41. The second-order valence-electron chi connectivity index (χ2n) is 4.61. The van der Waals surface area contributed by atoms with E-state index in [0.717, 1.165) is 5.69 Å². The lowest BCUT2D eigenvalue weighted by molar-refractivity contribution is -0.0386. The van der Waals surface area contributed by atoms with Crippen molar-refractivity contribution in [1.29, 1.82) is 5.26 Å². The van der Waals surface area contributed by atoms with Crippen LogP contribution in [0.2, 0.25) is 0 Å². The topological polar surface area (TPSA) is 109 Å². The molecule has 1 aliphatic rings. The minimum absolute atomic E-state index is 0.274. The van der Waals surface area contributed by atoms with Gasteiger partial charge in [0.15, 0.2) is 11.4 Å². The Labute approximate surface area is 109 Å². The largest absolute Gasteiger partial charge is 0.392 e. The SMILES string of the molecule is N#C[C@@]1(CO)CC[C@H](c2ccc3c(N)ncnn23)O1. The van der Waals surface area contributed by atoms with Crippen LogP contribution in [0.5, 0.6) is 0 Å². The van der Waals surface area contributed by atoms with Crippen molar-refractivity contribution >= 4 is 11.3 Å². The molecule has 1 fully saturated rings. The number of ether oxygens (including phenoxy) is 1. The van der Waals surface area contributed by atoms with Crippen LogP contribution in [0.1, 0.15) is 24.6 Å². The van der Waals surface area contributed by atoms with Gasteiger partial charge >= 0.3 is 0 Å². The van der Waals surface area contributed by atoms with E-state index in [1.165, 1.54) is 6.33 Å². The standard InChI is InChI=1S/C12H13N5O2/c13-5-12(6-18)4-3-10(19-12)8-1-2-9-11(14)15-7-16-17(8)9/h1-2,7,10,18H,3-4,6H2,(H2,14,15,16)/t10-,12-/m1/s1. The molecular weight excluding hydrogens is 246 g/mol. The second-order valence-corrected chi connectivity index (χ2v) is 4.61. The summed E-state index contributed by atoms with van der Waals surface area (Å²) in [5, 5.41) is 22.5. The van der Waals surface area contributed by atoms with E-state index in [2.05, 4.69) is 10.1 Å². The van der Waals surface area contributed by atoms with E-state index in [1.54, 1.807) is 4.52 Å². The summed E-state index contributed by atoms with van der Waals surface area (Å²) in [4.78, 5) is 3.92. The van der Waals surface area contributed by atoms with Crippen LogP contribution in [0.4, 0.5) is 5.82 Å². The third-order valence-electron chi connectivity index (χ3n) is 3.48. The second kappa shape index (κ2) is 4.19. The van der Waals surface area contributed by atoms with Crippen LogP contribution < -0.4 is 5.73 Å². The molecule has 1 aliphatic heterocycles. The predicted octanol–water partition coefficient (Wildman–Crippen LogP) is 0.418. The van der Waals surface area contributed by atoms with Crippen molar-refractivity contribution < 1.29 is 9.84 Å². The summed E-state index contributed by atoms with van der Waals surface area (Å²) >= 11 is 0. The van der Waals surface area contributed by atoms with Gasteiger partial charge in [-0.3, -0.25) is 0 Å². The normalized spacial score (nSPS) is 26.6. The minimum Gasteiger partial charge on any atom is -0.392 e. The summed E-state index contributed by atoms with van der Waals surface area (Å²) in [5.41, 5.74) is 6.19. The van der Waals surface area contributed by atoms with Gasteiger partial charge in [-0.15, -0.1) is 0 Å². The van der Waals surface area contributed by atoms with Gasteiger partial charge in [-0.2, -0.15) is 10.4 Å². The van der Waals surface area contributed by atoms with Crippen molar-refractivity contribution in [2.75, 3.05) is 12.3 Å². The number of hydrogen-bond donors (Lipinski definition) is 2. The molecule has 2 aromatic rings. The molecule has 0 amide bonds. The average Bonchev–Trinajstić information content (AvgIpc) is 3.03. The summed E-state index contributed by atoms with van der Waals surface area (Å²) in [5.74, 6) is 0.396. The van der Waals surface area contributed by atoms with E-state index < -0.39 is 5.60 Å². The first-order valence-electron chi connectivity index (χ1n) is 5.97. The molecule has 0 radical (unpaired) electrons. The fraction of sp³-hybridized carbons (Fsp3) is 0.417. The van der Waals surface area contributed by atoms with Crippen molar-refractivity contribution in [3.8, 4) is 6.07 Å². The molecule has 0 aromatic carbocycles. The van der Waals surface area contributed by atoms with Crippen LogP contribution in [0.25, 0.3) is 5.52 Å². The summed E-state index contributed by atoms with van der Waals surface area (Å²) in [6, 6.07) is 5.72. The Morgan fingerprint density at radius 2 is 2.47 bits per heavy atom. The van der Waals surface area contributed by atoms with Crippen molar-refractivity contribution in [2.45, 2.75) is 24.5 Å². The predicted molar refractivity (Wildman–Crippen MR) is 65.9 cm³/mol. The number of aliphatic hydroxyl groups excluding tert-OH is 1. The third-order valence-corrected chi connectivity index (χ3v) is 3.48. The van der Waals surface area contributed by atoms with Gasteiger partial charge in [-0.05, 0) is 25.0 Å². The molecule has 1 saturated heterocycles. The molecule has 7 heteroatoms. The lowest BCUT2D eigenvalue weighted by Crippen LogP contribution is -2.30. The molecule has 3 rings (SSSR count). The number of rotatable bonds is 2. The maximum Gasteiger partial charge on any atom is 0.177 e. The molecular formula is C12H13N5O2. The Bertz CT molecular complexity index is 662. The van der Waals surface area contributed by atoms with Gasteiger partial charge in [0, 0.05) is 0 Å². The van der Waals surface area contributed by atoms with E-state index >= 15 is 0 Å². The van der Waals surface area contributed by atoms with Gasteiger partial charge in [0.1, 0.15) is 24.0 Å². The highest BCUT2D eigenvalue weighted by atomic mass is 16.5. The highest BCUT2D eigenvalue weighted by molar-refractivity contribution is 5.65. The van der Waals surface area contributed by atoms with Crippen molar-refractivity contribution in [3.63, 3.8) is 0 Å². The maximum absolute atomic E-state index is 9.29. The quantitative estimate of drug-likeness (QED) is 0.808. The Balaban J connectivity index is 1.99. The van der Waals surface area contributed by atoms with Crippen LogP contribution in [0.3, 0.4) is 0 Å². The first-order valence-corrected chi connectivity index (χ1v) is 5.97. The molecule has 7 nitrogen and oxygen atoms in total. The van der Waals surface area contributed by atoms with Crippen LogP contribution >= 0.6 is 0 Å². The number of nitrogens with zero attached hydrogens (tertiary/aromatic N) is 4.